The fourth-order valence-electron chi connectivity index (χ4n) is 0.846. The Labute approximate surface area is 95.9 Å². The molecule has 0 unspecified atom stereocenters. The number of hydrogen-bond donors (Lipinski definition) is 1. The van der Waals surface area contributed by atoms with Gasteiger partial charge in [0.05, 0.1) is 0 Å². The lowest BCUT2D eigenvalue weighted by molar-refractivity contribution is 1.33. The number of halogens is 3. The van der Waals surface area contributed by atoms with Crippen LogP contribution in [-0.2, 0) is 0 Å². The summed E-state index contributed by atoms with van der Waals surface area (Å²) in [6.45, 7) is 0.698. The zero-order valence-corrected chi connectivity index (χ0v) is 9.83. The van der Waals surface area contributed by atoms with Crippen molar-refractivity contribution in [3.8, 4) is 0 Å². The molecule has 0 saturated carbocycles. The van der Waals surface area contributed by atoms with Gasteiger partial charge in [0.1, 0.15) is 0 Å². The van der Waals surface area contributed by atoms with E-state index in [9.17, 15) is 0 Å². The van der Waals surface area contributed by atoms with Gasteiger partial charge in [0.15, 0.2) is 0 Å². The lowest BCUT2D eigenvalue weighted by Crippen LogP contribution is -1.98. The van der Waals surface area contributed by atoms with Crippen LogP contribution in [-0.4, -0.2) is 6.54 Å². The van der Waals surface area contributed by atoms with Gasteiger partial charge in [-0.25, -0.2) is 0 Å². The fraction of sp³-hybridized carbons (Fsp3) is 0.111. The van der Waals surface area contributed by atoms with Gasteiger partial charge in [-0.15, -0.1) is 0 Å². The molecule has 0 aliphatic heterocycles. The summed E-state index contributed by atoms with van der Waals surface area (Å²) in [6, 6.07) is 5.59. The SMILES string of the molecule is Cl/C=C/CNc1ccc(Cl)cc1Br. The van der Waals surface area contributed by atoms with Crippen LogP contribution in [0.25, 0.3) is 0 Å². The van der Waals surface area contributed by atoms with Gasteiger partial charge in [-0.2, -0.15) is 0 Å². The van der Waals surface area contributed by atoms with Gasteiger partial charge in [0.2, 0.25) is 0 Å². The molecule has 0 amide bonds. The van der Waals surface area contributed by atoms with Crippen molar-refractivity contribution in [2.24, 2.45) is 0 Å². The van der Waals surface area contributed by atoms with E-state index in [1.807, 2.05) is 24.3 Å². The first-order chi connectivity index (χ1) is 6.24. The maximum absolute atomic E-state index is 5.79. The standard InChI is InChI=1S/C9H8BrCl2N/c10-8-6-7(12)2-3-9(8)13-5-1-4-11/h1-4,6,13H,5H2/b4-1+. The quantitative estimate of drug-likeness (QED) is 0.872. The van der Waals surface area contributed by atoms with E-state index in [0.29, 0.717) is 11.6 Å². The van der Waals surface area contributed by atoms with E-state index in [2.05, 4.69) is 21.2 Å². The molecule has 13 heavy (non-hydrogen) atoms. The van der Waals surface area contributed by atoms with Crippen molar-refractivity contribution in [3.05, 3.63) is 39.3 Å². The monoisotopic (exact) mass is 279 g/mol. The van der Waals surface area contributed by atoms with Crippen LogP contribution in [0.1, 0.15) is 0 Å². The normalized spacial score (nSPS) is 10.7. The molecule has 0 spiro atoms. The van der Waals surface area contributed by atoms with Crippen molar-refractivity contribution >= 4 is 44.8 Å². The molecule has 70 valence electrons. The number of nitrogens with one attached hydrogen (secondary N) is 1. The summed E-state index contributed by atoms with van der Waals surface area (Å²) in [5, 5.41) is 3.88. The summed E-state index contributed by atoms with van der Waals surface area (Å²) in [5.41, 5.74) is 2.48. The Balaban J connectivity index is 2.66. The van der Waals surface area contributed by atoms with Crippen molar-refractivity contribution in [3.63, 3.8) is 0 Å². The molecule has 1 N–H and O–H groups in total. The van der Waals surface area contributed by atoms with Crippen LogP contribution in [0.3, 0.4) is 0 Å². The summed E-state index contributed by atoms with van der Waals surface area (Å²) >= 11 is 14.6. The molecule has 1 rings (SSSR count). The Morgan fingerprint density at radius 1 is 1.46 bits per heavy atom. The number of rotatable bonds is 3. The molecule has 1 nitrogen and oxygen atoms in total. The molecule has 0 bridgehead atoms. The number of benzene rings is 1. The first kappa shape index (κ1) is 10.9. The molecule has 0 aliphatic rings. The Morgan fingerprint density at radius 3 is 2.85 bits per heavy atom. The number of hydrogen-bond acceptors (Lipinski definition) is 1. The highest BCUT2D eigenvalue weighted by molar-refractivity contribution is 9.10. The lowest BCUT2D eigenvalue weighted by atomic mass is 10.3. The minimum Gasteiger partial charge on any atom is -0.381 e. The molecular weight excluding hydrogens is 273 g/mol. The minimum atomic E-state index is 0.698. The minimum absolute atomic E-state index is 0.698. The summed E-state index contributed by atoms with van der Waals surface area (Å²) in [5.74, 6) is 0. The first-order valence-electron chi connectivity index (χ1n) is 3.68. The maximum atomic E-state index is 5.79. The molecule has 0 saturated heterocycles. The number of anilines is 1. The van der Waals surface area contributed by atoms with Gasteiger partial charge in [-0.1, -0.05) is 29.3 Å². The Bertz CT molecular complexity index is 312. The highest BCUT2D eigenvalue weighted by atomic mass is 79.9. The second-order valence-corrected chi connectivity index (χ2v) is 3.91. The van der Waals surface area contributed by atoms with Gasteiger partial charge in [0.25, 0.3) is 0 Å². The van der Waals surface area contributed by atoms with Gasteiger partial charge < -0.3 is 5.32 Å². The van der Waals surface area contributed by atoms with Crippen molar-refractivity contribution in [2.45, 2.75) is 0 Å². The van der Waals surface area contributed by atoms with E-state index >= 15 is 0 Å². The molecule has 4 heteroatoms. The van der Waals surface area contributed by atoms with Crippen molar-refractivity contribution < 1.29 is 0 Å². The van der Waals surface area contributed by atoms with E-state index in [4.69, 9.17) is 23.2 Å². The molecular formula is C9H8BrCl2N. The Morgan fingerprint density at radius 2 is 2.23 bits per heavy atom. The third kappa shape index (κ3) is 3.59. The van der Waals surface area contributed by atoms with E-state index < -0.39 is 0 Å². The molecule has 0 atom stereocenters. The van der Waals surface area contributed by atoms with Crippen molar-refractivity contribution in [1.82, 2.24) is 0 Å². The largest absolute Gasteiger partial charge is 0.381 e. The molecule has 0 aliphatic carbocycles. The molecule has 0 fully saturated rings. The van der Waals surface area contributed by atoms with Crippen molar-refractivity contribution in [1.29, 1.82) is 0 Å². The van der Waals surface area contributed by atoms with Gasteiger partial charge >= 0.3 is 0 Å². The van der Waals surface area contributed by atoms with E-state index in [1.165, 1.54) is 5.54 Å². The van der Waals surface area contributed by atoms with E-state index in [1.54, 1.807) is 0 Å². The topological polar surface area (TPSA) is 12.0 Å². The van der Waals surface area contributed by atoms with E-state index in [-0.39, 0.29) is 0 Å². The molecule has 0 radical (unpaired) electrons. The molecule has 0 aromatic heterocycles. The van der Waals surface area contributed by atoms with E-state index in [0.717, 1.165) is 10.2 Å². The summed E-state index contributed by atoms with van der Waals surface area (Å²) < 4.78 is 0.947. The predicted octanol–water partition coefficient (Wildman–Crippen LogP) is 4.27. The van der Waals surface area contributed by atoms with Crippen LogP contribution in [0.5, 0.6) is 0 Å². The van der Waals surface area contributed by atoms with Crippen molar-refractivity contribution in [2.75, 3.05) is 11.9 Å². The van der Waals surface area contributed by atoms with Crippen LogP contribution in [0, 0.1) is 0 Å². The molecule has 0 heterocycles. The smallest absolute Gasteiger partial charge is 0.0488 e. The zero-order valence-electron chi connectivity index (χ0n) is 6.73. The third-order valence-electron chi connectivity index (χ3n) is 1.43. The second kappa shape index (κ2) is 5.53. The summed E-state index contributed by atoms with van der Waals surface area (Å²) in [6.07, 6.45) is 1.82. The van der Waals surface area contributed by atoms with Crippen LogP contribution >= 0.6 is 39.1 Å². The van der Waals surface area contributed by atoms with Crippen LogP contribution in [0.4, 0.5) is 5.69 Å². The first-order valence-corrected chi connectivity index (χ1v) is 5.29. The zero-order chi connectivity index (χ0) is 9.68. The second-order valence-electron chi connectivity index (χ2n) is 2.37. The average Bonchev–Trinajstić information content (AvgIpc) is 2.09. The highest BCUT2D eigenvalue weighted by Gasteiger charge is 1.97. The Hall–Kier alpha value is -0.180. The van der Waals surface area contributed by atoms with Gasteiger partial charge in [0, 0.05) is 27.3 Å². The average molecular weight is 281 g/mol. The third-order valence-corrected chi connectivity index (χ3v) is 2.50. The van der Waals surface area contributed by atoms with Gasteiger partial charge in [-0.3, -0.25) is 0 Å². The summed E-state index contributed by atoms with van der Waals surface area (Å²) in [7, 11) is 0. The predicted molar refractivity (Wildman–Crippen MR) is 62.6 cm³/mol. The maximum Gasteiger partial charge on any atom is 0.0488 e. The molecule has 1 aromatic rings. The van der Waals surface area contributed by atoms with Crippen LogP contribution in [0.15, 0.2) is 34.3 Å². The molecule has 1 aromatic carbocycles. The fourth-order valence-corrected chi connectivity index (χ4v) is 1.76. The summed E-state index contributed by atoms with van der Waals surface area (Å²) in [4.78, 5) is 0. The Kier molecular flexibility index (Phi) is 4.64. The lowest BCUT2D eigenvalue weighted by Gasteiger charge is -2.05. The van der Waals surface area contributed by atoms with Crippen LogP contribution < -0.4 is 5.32 Å². The highest BCUT2D eigenvalue weighted by Crippen LogP contribution is 2.25. The van der Waals surface area contributed by atoms with Gasteiger partial charge in [-0.05, 0) is 34.1 Å². The van der Waals surface area contributed by atoms with Crippen LogP contribution in [0.2, 0.25) is 5.02 Å².